The Balaban J connectivity index is 1.40. The maximum absolute atomic E-state index is 5.69. The van der Waals surface area contributed by atoms with Crippen molar-refractivity contribution in [3.05, 3.63) is 61.2 Å². The van der Waals surface area contributed by atoms with Gasteiger partial charge in [-0.25, -0.2) is 19.6 Å². The molecule has 8 heteroatoms. The smallest absolute Gasteiger partial charge is 0.168 e. The molecular weight excluding hydrogens is 352 g/mol. The monoisotopic (exact) mass is 372 g/mol. The minimum Gasteiger partial charge on any atom is -0.384 e. The maximum Gasteiger partial charge on any atom is 0.168 e. The second-order valence-corrected chi connectivity index (χ2v) is 6.74. The average molecular weight is 372 g/mol. The van der Waals surface area contributed by atoms with Crippen LogP contribution in [0.15, 0.2) is 61.2 Å². The zero-order valence-corrected chi connectivity index (χ0v) is 15.3. The van der Waals surface area contributed by atoms with Crippen LogP contribution in [0.5, 0.6) is 0 Å². The van der Waals surface area contributed by atoms with Gasteiger partial charge in [-0.05, 0) is 24.3 Å². The van der Waals surface area contributed by atoms with Gasteiger partial charge in [0.05, 0.1) is 29.2 Å². The summed E-state index contributed by atoms with van der Waals surface area (Å²) in [5.41, 5.74) is 8.60. The first-order valence-electron chi connectivity index (χ1n) is 9.25. The van der Waals surface area contributed by atoms with Crippen LogP contribution >= 0.6 is 0 Å². The number of fused-ring (bicyclic) bond motifs is 1. The van der Waals surface area contributed by atoms with Crippen molar-refractivity contribution in [3.63, 3.8) is 0 Å². The summed E-state index contributed by atoms with van der Waals surface area (Å²) in [6.07, 6.45) is 5.31. The molecule has 5 rings (SSSR count). The van der Waals surface area contributed by atoms with Crippen LogP contribution in [0, 0.1) is 0 Å². The molecule has 1 aliphatic rings. The summed E-state index contributed by atoms with van der Waals surface area (Å²) in [6.45, 7) is 3.52. The van der Waals surface area contributed by atoms with E-state index in [0.717, 1.165) is 54.4 Å². The second kappa shape index (κ2) is 6.80. The summed E-state index contributed by atoms with van der Waals surface area (Å²) in [6, 6.07) is 13.9. The molecule has 0 aliphatic carbocycles. The van der Waals surface area contributed by atoms with Crippen LogP contribution in [-0.2, 0) is 0 Å². The van der Waals surface area contributed by atoms with Crippen molar-refractivity contribution >= 4 is 28.4 Å². The van der Waals surface area contributed by atoms with Gasteiger partial charge >= 0.3 is 0 Å². The van der Waals surface area contributed by atoms with Crippen molar-refractivity contribution in [3.8, 4) is 5.69 Å². The lowest BCUT2D eigenvalue weighted by molar-refractivity contribution is 0.648. The Bertz CT molecular complexity index is 1080. The van der Waals surface area contributed by atoms with Gasteiger partial charge < -0.3 is 15.5 Å². The van der Waals surface area contributed by atoms with Crippen LogP contribution in [0.1, 0.15) is 0 Å². The highest BCUT2D eigenvalue weighted by Crippen LogP contribution is 2.26. The van der Waals surface area contributed by atoms with Crippen LogP contribution in [0.2, 0.25) is 0 Å². The minimum atomic E-state index is 0.543. The second-order valence-electron chi connectivity index (χ2n) is 6.74. The molecule has 0 saturated carbocycles. The first-order valence-corrected chi connectivity index (χ1v) is 9.25. The summed E-state index contributed by atoms with van der Waals surface area (Å²) in [5, 5.41) is 5.52. The van der Waals surface area contributed by atoms with Gasteiger partial charge in [-0.15, -0.1) is 0 Å². The molecule has 3 aromatic heterocycles. The van der Waals surface area contributed by atoms with Gasteiger partial charge in [0.15, 0.2) is 5.65 Å². The first-order chi connectivity index (χ1) is 13.8. The van der Waals surface area contributed by atoms with Gasteiger partial charge in [0.1, 0.15) is 18.0 Å². The number of hydrogen-bond donors (Lipinski definition) is 1. The molecule has 1 fully saturated rings. The third kappa shape index (κ3) is 2.88. The molecule has 0 spiro atoms. The number of nitrogens with two attached hydrogens (primary N) is 1. The molecule has 8 nitrogen and oxygen atoms in total. The van der Waals surface area contributed by atoms with E-state index in [1.54, 1.807) is 6.33 Å². The summed E-state index contributed by atoms with van der Waals surface area (Å²) in [4.78, 5) is 17.8. The highest BCUT2D eigenvalue weighted by Gasteiger charge is 2.22. The lowest BCUT2D eigenvalue weighted by atomic mass is 10.2. The highest BCUT2D eigenvalue weighted by atomic mass is 15.3. The number of hydrogen-bond acceptors (Lipinski definition) is 7. The van der Waals surface area contributed by atoms with Gasteiger partial charge in [0.2, 0.25) is 0 Å². The summed E-state index contributed by atoms with van der Waals surface area (Å²) < 4.78 is 1.86. The van der Waals surface area contributed by atoms with Gasteiger partial charge in [0, 0.05) is 26.2 Å². The SMILES string of the molecule is Nc1ccc(N2CCN(c3ncnc4c3cnn4-c3ccccc3)CC2)cn1. The summed E-state index contributed by atoms with van der Waals surface area (Å²) >= 11 is 0. The molecule has 0 unspecified atom stereocenters. The zero-order valence-electron chi connectivity index (χ0n) is 15.3. The number of pyridine rings is 1. The maximum atomic E-state index is 5.69. The van der Waals surface area contributed by atoms with Crippen LogP contribution in [0.3, 0.4) is 0 Å². The van der Waals surface area contributed by atoms with Gasteiger partial charge in [-0.3, -0.25) is 0 Å². The molecule has 1 saturated heterocycles. The van der Waals surface area contributed by atoms with E-state index in [9.17, 15) is 0 Å². The molecule has 2 N–H and O–H groups in total. The average Bonchev–Trinajstić information content (AvgIpc) is 3.19. The Morgan fingerprint density at radius 2 is 1.54 bits per heavy atom. The molecule has 0 bridgehead atoms. The fourth-order valence-electron chi connectivity index (χ4n) is 3.60. The number of nitrogens with zero attached hydrogens (tertiary/aromatic N) is 7. The number of anilines is 3. The van der Waals surface area contributed by atoms with Gasteiger partial charge in [-0.2, -0.15) is 5.10 Å². The highest BCUT2D eigenvalue weighted by molar-refractivity contribution is 5.87. The van der Waals surface area contributed by atoms with Crippen LogP contribution in [-0.4, -0.2) is 50.9 Å². The van der Waals surface area contributed by atoms with Crippen molar-refractivity contribution < 1.29 is 0 Å². The van der Waals surface area contributed by atoms with Crippen molar-refractivity contribution in [2.75, 3.05) is 41.7 Å². The van der Waals surface area contributed by atoms with E-state index >= 15 is 0 Å². The van der Waals surface area contributed by atoms with E-state index < -0.39 is 0 Å². The largest absolute Gasteiger partial charge is 0.384 e. The zero-order chi connectivity index (χ0) is 18.9. The van der Waals surface area contributed by atoms with E-state index in [0.29, 0.717) is 5.82 Å². The molecule has 4 heterocycles. The molecule has 0 amide bonds. The number of para-hydroxylation sites is 1. The predicted molar refractivity (Wildman–Crippen MR) is 110 cm³/mol. The fourth-order valence-corrected chi connectivity index (χ4v) is 3.60. The third-order valence-electron chi connectivity index (χ3n) is 5.06. The minimum absolute atomic E-state index is 0.543. The Hall–Kier alpha value is -3.68. The molecule has 140 valence electrons. The standard InChI is InChI=1S/C20H20N8/c21-18-7-6-16(12-22-18)26-8-10-27(11-9-26)19-17-13-25-28(20(17)24-14-23-19)15-4-2-1-3-5-15/h1-7,12-14H,8-11H2,(H2,21,22). The summed E-state index contributed by atoms with van der Waals surface area (Å²) in [5.74, 6) is 1.48. The van der Waals surface area contributed by atoms with Gasteiger partial charge in [-0.1, -0.05) is 18.2 Å². The van der Waals surface area contributed by atoms with Crippen molar-refractivity contribution in [1.29, 1.82) is 0 Å². The topological polar surface area (TPSA) is 89.0 Å². The van der Waals surface area contributed by atoms with Crippen LogP contribution in [0.4, 0.5) is 17.3 Å². The van der Waals surface area contributed by atoms with Crippen molar-refractivity contribution in [1.82, 2.24) is 24.7 Å². The molecular formula is C20H20N8. The number of benzene rings is 1. The third-order valence-corrected chi connectivity index (χ3v) is 5.06. The van der Waals surface area contributed by atoms with E-state index in [4.69, 9.17) is 5.73 Å². The molecule has 0 atom stereocenters. The van der Waals surface area contributed by atoms with E-state index in [-0.39, 0.29) is 0 Å². The lowest BCUT2D eigenvalue weighted by Crippen LogP contribution is -2.47. The Morgan fingerprint density at radius 1 is 0.750 bits per heavy atom. The Labute approximate surface area is 162 Å². The molecule has 4 aromatic rings. The number of rotatable bonds is 3. The molecule has 1 aromatic carbocycles. The van der Waals surface area contributed by atoms with Crippen molar-refractivity contribution in [2.45, 2.75) is 0 Å². The van der Waals surface area contributed by atoms with Crippen molar-refractivity contribution in [2.24, 2.45) is 0 Å². The van der Waals surface area contributed by atoms with Crippen LogP contribution in [0.25, 0.3) is 16.7 Å². The Morgan fingerprint density at radius 3 is 2.29 bits per heavy atom. The number of nitrogen functional groups attached to an aromatic ring is 1. The fraction of sp³-hybridized carbons (Fsp3) is 0.200. The van der Waals surface area contributed by atoms with E-state index in [1.807, 2.05) is 59.5 Å². The lowest BCUT2D eigenvalue weighted by Gasteiger charge is -2.36. The van der Waals surface area contributed by atoms with E-state index in [1.165, 1.54) is 0 Å². The quantitative estimate of drug-likeness (QED) is 0.589. The van der Waals surface area contributed by atoms with Crippen LogP contribution < -0.4 is 15.5 Å². The predicted octanol–water partition coefficient (Wildman–Crippen LogP) is 2.12. The van der Waals surface area contributed by atoms with E-state index in [2.05, 4.69) is 29.9 Å². The molecule has 28 heavy (non-hydrogen) atoms. The van der Waals surface area contributed by atoms with Gasteiger partial charge in [0.25, 0.3) is 0 Å². The Kier molecular flexibility index (Phi) is 4.01. The number of aromatic nitrogens is 5. The number of piperazine rings is 1. The normalized spacial score (nSPS) is 14.6. The molecule has 0 radical (unpaired) electrons. The summed E-state index contributed by atoms with van der Waals surface area (Å²) in [7, 11) is 0. The molecule has 1 aliphatic heterocycles. The first kappa shape index (κ1) is 16.5.